The summed E-state index contributed by atoms with van der Waals surface area (Å²) in [4.78, 5) is 65.1. The quantitative estimate of drug-likeness (QED) is 0.177. The van der Waals surface area contributed by atoms with Crippen molar-refractivity contribution in [3.8, 4) is 0 Å². The van der Waals surface area contributed by atoms with Gasteiger partial charge in [0.1, 0.15) is 6.04 Å². The zero-order valence-electron chi connectivity index (χ0n) is 27.1. The number of unbranched alkanes of at least 4 members (excludes halogenated alkanes) is 1. The van der Waals surface area contributed by atoms with Gasteiger partial charge in [-0.15, -0.1) is 0 Å². The van der Waals surface area contributed by atoms with Crippen molar-refractivity contribution >= 4 is 40.5 Å². The SMILES string of the molecule is C[C@@H]1CNC(=O)C[C@H](Cc2ccccc2)NC(=O)C[C@H](Cc2c[nH]c3ccccc23)NC(=O)[C@H](CCCCN)NC1=O.O=C(O)C(F)(F)F. The van der Waals surface area contributed by atoms with Gasteiger partial charge in [-0.25, -0.2) is 4.79 Å². The number of fused-ring (bicyclic) bond motifs is 1. The number of carboxylic acid groups (broad SMARTS) is 1. The molecule has 2 aromatic carbocycles. The minimum absolute atomic E-state index is 0.0119. The Bertz CT molecular complexity index is 1560. The van der Waals surface area contributed by atoms with E-state index in [1.807, 2.05) is 60.8 Å². The Morgan fingerprint density at radius 2 is 1.49 bits per heavy atom. The van der Waals surface area contributed by atoms with E-state index >= 15 is 0 Å². The van der Waals surface area contributed by atoms with Crippen molar-refractivity contribution in [3.63, 3.8) is 0 Å². The van der Waals surface area contributed by atoms with Crippen LogP contribution in [0, 0.1) is 5.92 Å². The molecule has 0 spiro atoms. The van der Waals surface area contributed by atoms with Gasteiger partial charge >= 0.3 is 12.1 Å². The lowest BCUT2D eigenvalue weighted by molar-refractivity contribution is -0.192. The lowest BCUT2D eigenvalue weighted by Crippen LogP contribution is -2.52. The first-order valence-electron chi connectivity index (χ1n) is 16.0. The molecular weight excluding hydrogens is 645 g/mol. The fourth-order valence-corrected chi connectivity index (χ4v) is 5.36. The number of hydrogen-bond acceptors (Lipinski definition) is 6. The molecule has 0 aliphatic carbocycles. The molecule has 4 amide bonds. The fourth-order valence-electron chi connectivity index (χ4n) is 5.36. The Balaban J connectivity index is 0.000000838. The highest BCUT2D eigenvalue weighted by molar-refractivity contribution is 5.90. The van der Waals surface area contributed by atoms with E-state index in [0.29, 0.717) is 32.2 Å². The zero-order chi connectivity index (χ0) is 36.0. The highest BCUT2D eigenvalue weighted by Crippen LogP contribution is 2.20. The predicted octanol–water partition coefficient (Wildman–Crippen LogP) is 2.72. The third-order valence-electron chi connectivity index (χ3n) is 7.92. The maximum Gasteiger partial charge on any atom is 0.490 e. The molecule has 0 bridgehead atoms. The zero-order valence-corrected chi connectivity index (χ0v) is 27.1. The van der Waals surface area contributed by atoms with Crippen LogP contribution in [0.25, 0.3) is 10.9 Å². The third kappa shape index (κ3) is 12.9. The number of nitrogens with two attached hydrogens (primary N) is 1. The van der Waals surface area contributed by atoms with Crippen LogP contribution >= 0.6 is 0 Å². The van der Waals surface area contributed by atoms with Gasteiger partial charge in [0, 0.05) is 48.6 Å². The average molecular weight is 689 g/mol. The highest BCUT2D eigenvalue weighted by Gasteiger charge is 2.38. The standard InChI is InChI=1S/C32H42N6O4.C2HF3O2/c1-21-19-35-29(39)17-24(15-22-9-3-2-4-10-22)36-30(40)18-25(16-23-20-34-27-12-6-5-11-26(23)27)37-32(42)28(38-31(21)41)13-7-8-14-33;3-2(4,5)1(6)7/h2-6,9-12,20-21,24-25,28,34H,7-8,13-19,33H2,1H3,(H,35,39)(H,36,40)(H,37,42)(H,38,41);(H,6,7)/t21-,24+,25+,28+;/m1./s1. The summed E-state index contributed by atoms with van der Waals surface area (Å²) in [5, 5.41) is 19.9. The van der Waals surface area contributed by atoms with E-state index in [2.05, 4.69) is 26.3 Å². The molecule has 0 saturated carbocycles. The second kappa shape index (κ2) is 18.6. The van der Waals surface area contributed by atoms with E-state index in [1.165, 1.54) is 0 Å². The molecule has 1 aromatic heterocycles. The van der Waals surface area contributed by atoms with E-state index in [-0.39, 0.29) is 43.0 Å². The lowest BCUT2D eigenvalue weighted by Gasteiger charge is -2.25. The topological polar surface area (TPSA) is 196 Å². The Morgan fingerprint density at radius 1 is 0.857 bits per heavy atom. The second-order valence-electron chi connectivity index (χ2n) is 12.0. The van der Waals surface area contributed by atoms with Crippen LogP contribution < -0.4 is 27.0 Å². The molecule has 12 nitrogen and oxygen atoms in total. The van der Waals surface area contributed by atoms with E-state index < -0.39 is 36.2 Å². The number of aromatic nitrogens is 1. The molecule has 4 atom stereocenters. The van der Waals surface area contributed by atoms with Crippen LogP contribution in [0.2, 0.25) is 0 Å². The monoisotopic (exact) mass is 688 g/mol. The first-order chi connectivity index (χ1) is 23.3. The van der Waals surface area contributed by atoms with Crippen molar-refractivity contribution in [2.24, 2.45) is 11.7 Å². The number of carboxylic acids is 1. The number of amides is 4. The van der Waals surface area contributed by atoms with Gasteiger partial charge in [0.25, 0.3) is 0 Å². The molecule has 8 N–H and O–H groups in total. The van der Waals surface area contributed by atoms with E-state index in [1.54, 1.807) is 6.92 Å². The van der Waals surface area contributed by atoms with Crippen LogP contribution in [0.3, 0.4) is 0 Å². The van der Waals surface area contributed by atoms with Crippen LogP contribution in [-0.2, 0) is 36.8 Å². The Hall–Kier alpha value is -4.92. The van der Waals surface area contributed by atoms with Crippen LogP contribution in [-0.4, -0.2) is 77.1 Å². The summed E-state index contributed by atoms with van der Waals surface area (Å²) in [6.45, 7) is 2.32. The molecule has 49 heavy (non-hydrogen) atoms. The number of hydrogen-bond donors (Lipinski definition) is 7. The van der Waals surface area contributed by atoms with Gasteiger partial charge in [-0.3, -0.25) is 19.2 Å². The first kappa shape index (κ1) is 38.5. The summed E-state index contributed by atoms with van der Waals surface area (Å²) >= 11 is 0. The lowest BCUT2D eigenvalue weighted by atomic mass is 9.99. The van der Waals surface area contributed by atoms with Gasteiger partial charge < -0.3 is 37.1 Å². The van der Waals surface area contributed by atoms with Crippen molar-refractivity contribution in [3.05, 3.63) is 71.9 Å². The number of H-pyrrole nitrogens is 1. The smallest absolute Gasteiger partial charge is 0.475 e. The molecule has 2 heterocycles. The van der Waals surface area contributed by atoms with E-state index in [4.69, 9.17) is 15.6 Å². The second-order valence-corrected chi connectivity index (χ2v) is 12.0. The summed E-state index contributed by atoms with van der Waals surface area (Å²) < 4.78 is 31.7. The third-order valence-corrected chi connectivity index (χ3v) is 7.92. The van der Waals surface area contributed by atoms with Gasteiger partial charge in [-0.2, -0.15) is 13.2 Å². The van der Waals surface area contributed by atoms with Crippen molar-refractivity contribution in [2.45, 2.75) is 76.2 Å². The van der Waals surface area contributed by atoms with Gasteiger partial charge in [0.05, 0.1) is 5.92 Å². The number of carbonyl (C=O) groups excluding carboxylic acids is 4. The Labute approximate surface area is 281 Å². The van der Waals surface area contributed by atoms with Crippen molar-refractivity contribution in [1.29, 1.82) is 0 Å². The van der Waals surface area contributed by atoms with Gasteiger partial charge in [-0.05, 0) is 55.8 Å². The van der Waals surface area contributed by atoms with Crippen LogP contribution in [0.5, 0.6) is 0 Å². The molecule has 1 aliphatic heterocycles. The van der Waals surface area contributed by atoms with Crippen LogP contribution in [0.15, 0.2) is 60.8 Å². The Morgan fingerprint density at radius 3 is 2.16 bits per heavy atom. The summed E-state index contributed by atoms with van der Waals surface area (Å²) in [6, 6.07) is 15.7. The molecule has 0 radical (unpaired) electrons. The predicted molar refractivity (Wildman–Crippen MR) is 176 cm³/mol. The van der Waals surface area contributed by atoms with Crippen LogP contribution in [0.1, 0.15) is 50.2 Å². The molecule has 15 heteroatoms. The number of benzene rings is 2. The van der Waals surface area contributed by atoms with Crippen molar-refractivity contribution in [1.82, 2.24) is 26.3 Å². The summed E-state index contributed by atoms with van der Waals surface area (Å²) in [5.41, 5.74) is 8.60. The van der Waals surface area contributed by atoms with Gasteiger partial charge in [-0.1, -0.05) is 55.5 Å². The molecule has 3 aromatic rings. The maximum absolute atomic E-state index is 13.6. The number of nitrogens with one attached hydrogen (secondary N) is 5. The molecule has 266 valence electrons. The molecule has 1 fully saturated rings. The van der Waals surface area contributed by atoms with E-state index in [0.717, 1.165) is 28.5 Å². The van der Waals surface area contributed by atoms with E-state index in [9.17, 15) is 32.3 Å². The van der Waals surface area contributed by atoms with Crippen molar-refractivity contribution < 1.29 is 42.3 Å². The number of halogens is 3. The highest BCUT2D eigenvalue weighted by atomic mass is 19.4. The largest absolute Gasteiger partial charge is 0.490 e. The molecule has 0 unspecified atom stereocenters. The normalized spacial score (nSPS) is 21.2. The summed E-state index contributed by atoms with van der Waals surface area (Å²) in [7, 11) is 0. The number of para-hydroxylation sites is 1. The minimum atomic E-state index is -5.08. The average Bonchev–Trinajstić information content (AvgIpc) is 3.45. The number of rotatable bonds is 8. The maximum atomic E-state index is 13.6. The number of aliphatic carboxylic acids is 1. The summed E-state index contributed by atoms with van der Waals surface area (Å²) in [5.74, 6) is -4.48. The number of alkyl halides is 3. The fraction of sp³-hybridized carbons (Fsp3) is 0.441. The van der Waals surface area contributed by atoms with Gasteiger partial charge in [0.2, 0.25) is 23.6 Å². The summed E-state index contributed by atoms with van der Waals surface area (Å²) in [6.07, 6.45) is -0.433. The molecule has 1 saturated heterocycles. The molecule has 4 rings (SSSR count). The van der Waals surface area contributed by atoms with Crippen LogP contribution in [0.4, 0.5) is 13.2 Å². The molecular formula is C34H43F3N6O6. The molecule has 1 aliphatic rings. The number of carbonyl (C=O) groups is 5. The first-order valence-corrected chi connectivity index (χ1v) is 16.0. The minimum Gasteiger partial charge on any atom is -0.475 e. The Kier molecular flexibility index (Phi) is 14.6. The van der Waals surface area contributed by atoms with Crippen molar-refractivity contribution in [2.75, 3.05) is 13.1 Å². The number of aromatic amines is 1. The van der Waals surface area contributed by atoms with Gasteiger partial charge in [0.15, 0.2) is 0 Å².